The first kappa shape index (κ1) is 16.6. The van der Waals surface area contributed by atoms with Gasteiger partial charge in [-0.25, -0.2) is 4.90 Å². The minimum absolute atomic E-state index is 0.0615. The molecule has 1 heterocycles. The van der Waals surface area contributed by atoms with Gasteiger partial charge in [0.1, 0.15) is 0 Å². The third-order valence-electron chi connectivity index (χ3n) is 3.42. The fourth-order valence-electron chi connectivity index (χ4n) is 2.25. The molecule has 0 radical (unpaired) electrons. The molecule has 24 heavy (non-hydrogen) atoms. The molecule has 0 spiro atoms. The molecule has 0 saturated carbocycles. The Kier molecular flexibility index (Phi) is 4.64. The highest BCUT2D eigenvalue weighted by Crippen LogP contribution is 2.40. The molecule has 3 rings (SSSR count). The summed E-state index contributed by atoms with van der Waals surface area (Å²) in [6, 6.07) is 12.0. The van der Waals surface area contributed by atoms with Crippen LogP contribution in [0.15, 0.2) is 51.8 Å². The highest BCUT2D eigenvalue weighted by Gasteiger charge is 2.36. The zero-order valence-corrected chi connectivity index (χ0v) is 14.9. The van der Waals surface area contributed by atoms with Gasteiger partial charge in [-0.05, 0) is 63.6 Å². The van der Waals surface area contributed by atoms with E-state index in [4.69, 9.17) is 4.74 Å². The number of benzene rings is 2. The highest BCUT2D eigenvalue weighted by atomic mass is 79.9. The molecular weight excluding hydrogens is 394 g/mol. The van der Waals surface area contributed by atoms with Crippen LogP contribution in [0.5, 0.6) is 11.5 Å². The van der Waals surface area contributed by atoms with Crippen molar-refractivity contribution in [3.8, 4) is 11.5 Å². The number of para-hydroxylation sites is 1. The molecule has 5 nitrogen and oxygen atoms in total. The van der Waals surface area contributed by atoms with Crippen LogP contribution in [0.3, 0.4) is 0 Å². The molecule has 2 aromatic carbocycles. The van der Waals surface area contributed by atoms with Gasteiger partial charge in [0.2, 0.25) is 0 Å². The Hall–Kier alpha value is -2.25. The predicted molar refractivity (Wildman–Crippen MR) is 97.3 cm³/mol. The minimum Gasteiger partial charge on any atom is -0.503 e. The molecule has 2 aromatic rings. The number of rotatable bonds is 3. The van der Waals surface area contributed by atoms with Gasteiger partial charge in [-0.3, -0.25) is 9.59 Å². The number of aromatic hydroxyl groups is 1. The molecule has 0 unspecified atom stereocenters. The summed E-state index contributed by atoms with van der Waals surface area (Å²) in [5, 5.41) is 9.67. The van der Waals surface area contributed by atoms with Crippen LogP contribution in [0.1, 0.15) is 5.56 Å². The van der Waals surface area contributed by atoms with Crippen molar-refractivity contribution >= 4 is 50.6 Å². The van der Waals surface area contributed by atoms with Crippen molar-refractivity contribution < 1.29 is 19.4 Å². The number of amides is 2. The summed E-state index contributed by atoms with van der Waals surface area (Å²) in [7, 11) is 1.45. The van der Waals surface area contributed by atoms with Gasteiger partial charge >= 0.3 is 0 Å². The molecule has 0 bridgehead atoms. The Morgan fingerprint density at radius 2 is 1.88 bits per heavy atom. The van der Waals surface area contributed by atoms with E-state index in [9.17, 15) is 14.7 Å². The SMILES string of the molecule is COc1ccc(/C=C2/SC(=O)N(c3ccccc3)C2=O)c(Br)c1O. The third-order valence-corrected chi connectivity index (χ3v) is 5.13. The monoisotopic (exact) mass is 405 g/mol. The van der Waals surface area contributed by atoms with Gasteiger partial charge in [0.05, 0.1) is 22.2 Å². The maximum Gasteiger partial charge on any atom is 0.298 e. The Bertz CT molecular complexity index is 851. The van der Waals surface area contributed by atoms with E-state index in [1.165, 1.54) is 7.11 Å². The lowest BCUT2D eigenvalue weighted by molar-refractivity contribution is -0.113. The van der Waals surface area contributed by atoms with E-state index in [0.29, 0.717) is 21.5 Å². The Morgan fingerprint density at radius 3 is 2.54 bits per heavy atom. The average molecular weight is 406 g/mol. The van der Waals surface area contributed by atoms with E-state index in [2.05, 4.69) is 15.9 Å². The summed E-state index contributed by atoms with van der Waals surface area (Å²) in [6.07, 6.45) is 1.57. The van der Waals surface area contributed by atoms with Crippen molar-refractivity contribution in [3.05, 3.63) is 57.4 Å². The van der Waals surface area contributed by atoms with Gasteiger partial charge in [0.25, 0.3) is 11.1 Å². The van der Waals surface area contributed by atoms with Crippen molar-refractivity contribution in [1.29, 1.82) is 0 Å². The molecule has 1 aliphatic rings. The second kappa shape index (κ2) is 6.70. The summed E-state index contributed by atoms with van der Waals surface area (Å²) in [6.45, 7) is 0. The molecule has 0 aliphatic carbocycles. The number of ether oxygens (including phenoxy) is 1. The predicted octanol–water partition coefficient (Wildman–Crippen LogP) is 4.40. The maximum atomic E-state index is 12.6. The second-order valence-corrected chi connectivity index (χ2v) is 6.66. The van der Waals surface area contributed by atoms with Gasteiger partial charge in [-0.2, -0.15) is 0 Å². The van der Waals surface area contributed by atoms with Gasteiger partial charge in [-0.15, -0.1) is 0 Å². The van der Waals surface area contributed by atoms with E-state index < -0.39 is 5.91 Å². The number of phenols is 1. The first-order valence-electron chi connectivity index (χ1n) is 6.91. The van der Waals surface area contributed by atoms with Crippen LogP contribution in [0, 0.1) is 0 Å². The number of anilines is 1. The average Bonchev–Trinajstić information content (AvgIpc) is 2.87. The maximum absolute atomic E-state index is 12.6. The first-order valence-corrected chi connectivity index (χ1v) is 8.52. The summed E-state index contributed by atoms with van der Waals surface area (Å²) < 4.78 is 5.43. The molecule has 1 fully saturated rings. The van der Waals surface area contributed by atoms with E-state index >= 15 is 0 Å². The number of carbonyl (C=O) groups excluding carboxylic acids is 2. The van der Waals surface area contributed by atoms with Crippen molar-refractivity contribution in [2.45, 2.75) is 0 Å². The fourth-order valence-corrected chi connectivity index (χ4v) is 3.52. The number of nitrogens with zero attached hydrogens (tertiary/aromatic N) is 1. The molecular formula is C17H12BrNO4S. The van der Waals surface area contributed by atoms with Crippen LogP contribution in [-0.4, -0.2) is 23.4 Å². The van der Waals surface area contributed by atoms with Crippen LogP contribution >= 0.6 is 27.7 Å². The van der Waals surface area contributed by atoms with E-state index in [1.807, 2.05) is 6.07 Å². The summed E-state index contributed by atoms with van der Waals surface area (Å²) >= 11 is 4.14. The quantitative estimate of drug-likeness (QED) is 0.766. The third kappa shape index (κ3) is 2.92. The fraction of sp³-hybridized carbons (Fsp3) is 0.0588. The summed E-state index contributed by atoms with van der Waals surface area (Å²) in [5.41, 5.74) is 1.10. The van der Waals surface area contributed by atoms with Crippen LogP contribution in [0.4, 0.5) is 10.5 Å². The van der Waals surface area contributed by atoms with Crippen molar-refractivity contribution in [2.24, 2.45) is 0 Å². The molecule has 0 atom stereocenters. The summed E-state index contributed by atoms with van der Waals surface area (Å²) in [4.78, 5) is 26.2. The first-order chi connectivity index (χ1) is 11.5. The number of carbonyl (C=O) groups is 2. The zero-order chi connectivity index (χ0) is 17.3. The number of methoxy groups -OCH3 is 1. The molecule has 1 saturated heterocycles. The molecule has 1 N–H and O–H groups in total. The Labute approximate surface area is 151 Å². The molecule has 1 aliphatic heterocycles. The van der Waals surface area contributed by atoms with Gasteiger partial charge in [0.15, 0.2) is 11.5 Å². The lowest BCUT2D eigenvalue weighted by atomic mass is 10.2. The van der Waals surface area contributed by atoms with Crippen LogP contribution in [0.2, 0.25) is 0 Å². The van der Waals surface area contributed by atoms with Crippen molar-refractivity contribution in [2.75, 3.05) is 12.0 Å². The normalized spacial score (nSPS) is 16.1. The van der Waals surface area contributed by atoms with Gasteiger partial charge in [-0.1, -0.05) is 18.2 Å². The van der Waals surface area contributed by atoms with Gasteiger partial charge < -0.3 is 9.84 Å². The van der Waals surface area contributed by atoms with Crippen molar-refractivity contribution in [3.63, 3.8) is 0 Å². The molecule has 122 valence electrons. The standard InChI is InChI=1S/C17H12BrNO4S/c1-23-12-8-7-10(14(18)15(12)20)9-13-16(21)19(17(22)24-13)11-5-3-2-4-6-11/h2-9,20H,1H3/b13-9+. The second-order valence-electron chi connectivity index (χ2n) is 4.87. The van der Waals surface area contributed by atoms with Crippen molar-refractivity contribution in [1.82, 2.24) is 0 Å². The molecule has 2 amide bonds. The Morgan fingerprint density at radius 1 is 1.17 bits per heavy atom. The zero-order valence-electron chi connectivity index (χ0n) is 12.5. The number of halogens is 1. The summed E-state index contributed by atoms with van der Waals surface area (Å²) in [5.74, 6) is -0.136. The number of thioether (sulfide) groups is 1. The van der Waals surface area contributed by atoms with E-state index in [1.54, 1.807) is 42.5 Å². The van der Waals surface area contributed by atoms with E-state index in [-0.39, 0.29) is 15.9 Å². The number of phenolic OH excluding ortho intramolecular Hbond substituents is 1. The minimum atomic E-state index is -0.390. The Balaban J connectivity index is 1.97. The topological polar surface area (TPSA) is 66.8 Å². The number of imide groups is 1. The van der Waals surface area contributed by atoms with Gasteiger partial charge in [0, 0.05) is 0 Å². The largest absolute Gasteiger partial charge is 0.503 e. The number of hydrogen-bond acceptors (Lipinski definition) is 5. The molecule has 7 heteroatoms. The lowest BCUT2D eigenvalue weighted by Gasteiger charge is -2.11. The van der Waals surface area contributed by atoms with Crippen LogP contribution in [0.25, 0.3) is 6.08 Å². The van der Waals surface area contributed by atoms with Crippen LogP contribution in [-0.2, 0) is 4.79 Å². The van der Waals surface area contributed by atoms with Crippen LogP contribution < -0.4 is 9.64 Å². The molecule has 0 aromatic heterocycles. The highest BCUT2D eigenvalue weighted by molar-refractivity contribution is 9.10. The number of hydrogen-bond donors (Lipinski definition) is 1. The lowest BCUT2D eigenvalue weighted by Crippen LogP contribution is -2.27. The smallest absolute Gasteiger partial charge is 0.298 e. The van der Waals surface area contributed by atoms with E-state index in [0.717, 1.165) is 16.7 Å².